The molecule has 2 rings (SSSR count). The standard InChI is InChI=1S/C16H20N2OS/c1-3-5-15(12-16(19)18-11-4-10-17-18)20-14-8-6-13(2)7-9-14/h4,6-11,15H,3,5,12H2,1-2H3/t15-/m1/s1. The lowest BCUT2D eigenvalue weighted by molar-refractivity contribution is 0.0885. The lowest BCUT2D eigenvalue weighted by atomic mass is 10.2. The molecule has 1 heterocycles. The van der Waals surface area contributed by atoms with Crippen molar-refractivity contribution in [2.45, 2.75) is 43.3 Å². The van der Waals surface area contributed by atoms with Crippen LogP contribution < -0.4 is 0 Å². The molecule has 1 aromatic heterocycles. The zero-order valence-electron chi connectivity index (χ0n) is 12.0. The number of aromatic nitrogens is 2. The molecule has 4 heteroatoms. The molecular weight excluding hydrogens is 268 g/mol. The molecule has 0 radical (unpaired) electrons. The van der Waals surface area contributed by atoms with Crippen molar-refractivity contribution in [2.24, 2.45) is 0 Å². The second-order valence-electron chi connectivity index (χ2n) is 4.89. The summed E-state index contributed by atoms with van der Waals surface area (Å²) in [5.41, 5.74) is 1.26. The minimum atomic E-state index is 0.0630. The second kappa shape index (κ2) is 7.29. The first-order chi connectivity index (χ1) is 9.69. The van der Waals surface area contributed by atoms with Gasteiger partial charge in [-0.3, -0.25) is 4.79 Å². The molecule has 3 nitrogen and oxygen atoms in total. The molecule has 0 amide bonds. The lowest BCUT2D eigenvalue weighted by Gasteiger charge is -2.15. The fraction of sp³-hybridized carbons (Fsp3) is 0.375. The number of thioether (sulfide) groups is 1. The molecule has 0 aliphatic heterocycles. The monoisotopic (exact) mass is 288 g/mol. The fourth-order valence-electron chi connectivity index (χ4n) is 2.04. The van der Waals surface area contributed by atoms with Crippen LogP contribution in [0.1, 0.15) is 36.5 Å². The van der Waals surface area contributed by atoms with Crippen LogP contribution in [0.5, 0.6) is 0 Å². The van der Waals surface area contributed by atoms with Gasteiger partial charge in [0.05, 0.1) is 0 Å². The van der Waals surface area contributed by atoms with Gasteiger partial charge in [0, 0.05) is 29.0 Å². The third-order valence-corrected chi connectivity index (χ3v) is 4.38. The van der Waals surface area contributed by atoms with Crippen LogP contribution >= 0.6 is 11.8 Å². The lowest BCUT2D eigenvalue weighted by Crippen LogP contribution is -2.17. The van der Waals surface area contributed by atoms with Gasteiger partial charge in [-0.15, -0.1) is 11.8 Å². The Kier molecular flexibility index (Phi) is 5.41. The van der Waals surface area contributed by atoms with Gasteiger partial charge in [-0.1, -0.05) is 31.0 Å². The quantitative estimate of drug-likeness (QED) is 0.748. The first-order valence-electron chi connectivity index (χ1n) is 6.95. The topological polar surface area (TPSA) is 34.9 Å². The van der Waals surface area contributed by atoms with E-state index in [-0.39, 0.29) is 5.91 Å². The van der Waals surface area contributed by atoms with Crippen molar-refractivity contribution in [3.8, 4) is 0 Å². The highest BCUT2D eigenvalue weighted by Crippen LogP contribution is 2.29. The third kappa shape index (κ3) is 4.23. The third-order valence-electron chi connectivity index (χ3n) is 3.10. The van der Waals surface area contributed by atoms with Crippen molar-refractivity contribution >= 4 is 17.7 Å². The number of nitrogens with zero attached hydrogens (tertiary/aromatic N) is 2. The maximum atomic E-state index is 12.1. The van der Waals surface area contributed by atoms with Crippen LogP contribution in [0.4, 0.5) is 0 Å². The number of carbonyl (C=O) groups excluding carboxylic acids is 1. The molecule has 0 saturated carbocycles. The predicted molar refractivity (Wildman–Crippen MR) is 83.2 cm³/mol. The van der Waals surface area contributed by atoms with Gasteiger partial charge >= 0.3 is 0 Å². The molecular formula is C16H20N2OS. The fourth-order valence-corrected chi connectivity index (χ4v) is 3.30. The summed E-state index contributed by atoms with van der Waals surface area (Å²) in [7, 11) is 0. The molecule has 0 aliphatic carbocycles. The summed E-state index contributed by atoms with van der Waals surface area (Å²) >= 11 is 1.79. The average Bonchev–Trinajstić information content (AvgIpc) is 2.96. The molecule has 0 N–H and O–H groups in total. The Morgan fingerprint density at radius 3 is 2.70 bits per heavy atom. The number of hydrogen-bond acceptors (Lipinski definition) is 3. The number of carbonyl (C=O) groups is 1. The molecule has 0 fully saturated rings. The van der Waals surface area contributed by atoms with Crippen LogP contribution in [0.3, 0.4) is 0 Å². The Balaban J connectivity index is 1.99. The van der Waals surface area contributed by atoms with E-state index in [0.29, 0.717) is 11.7 Å². The molecule has 0 bridgehead atoms. The maximum Gasteiger partial charge on any atom is 0.247 e. The highest BCUT2D eigenvalue weighted by molar-refractivity contribution is 8.00. The average molecular weight is 288 g/mol. The zero-order valence-corrected chi connectivity index (χ0v) is 12.8. The van der Waals surface area contributed by atoms with Crippen LogP contribution in [0.2, 0.25) is 0 Å². The number of hydrogen-bond donors (Lipinski definition) is 0. The van der Waals surface area contributed by atoms with E-state index in [1.807, 2.05) is 0 Å². The smallest absolute Gasteiger partial charge is 0.247 e. The molecule has 1 aromatic carbocycles. The summed E-state index contributed by atoms with van der Waals surface area (Å²) in [5.74, 6) is 0.0630. The van der Waals surface area contributed by atoms with Gasteiger partial charge in [0.25, 0.3) is 0 Å². The van der Waals surface area contributed by atoms with Crippen LogP contribution in [0, 0.1) is 6.92 Å². The largest absolute Gasteiger partial charge is 0.273 e. The van der Waals surface area contributed by atoms with Crippen LogP contribution in [0.25, 0.3) is 0 Å². The van der Waals surface area contributed by atoms with E-state index in [1.54, 1.807) is 30.2 Å². The minimum Gasteiger partial charge on any atom is -0.273 e. The number of benzene rings is 1. The highest BCUT2D eigenvalue weighted by Gasteiger charge is 2.16. The van der Waals surface area contributed by atoms with Crippen LogP contribution in [-0.4, -0.2) is 20.9 Å². The van der Waals surface area contributed by atoms with E-state index in [9.17, 15) is 4.79 Å². The van der Waals surface area contributed by atoms with Gasteiger partial charge in [-0.2, -0.15) is 5.10 Å². The number of rotatable bonds is 6. The van der Waals surface area contributed by atoms with Gasteiger partial charge in [-0.25, -0.2) is 4.68 Å². The first-order valence-corrected chi connectivity index (χ1v) is 7.83. The Hall–Kier alpha value is -1.55. The van der Waals surface area contributed by atoms with Gasteiger partial charge in [0.15, 0.2) is 0 Å². The Morgan fingerprint density at radius 1 is 1.35 bits per heavy atom. The van der Waals surface area contributed by atoms with Crippen molar-refractivity contribution < 1.29 is 4.79 Å². The first kappa shape index (κ1) is 14.9. The van der Waals surface area contributed by atoms with Crippen molar-refractivity contribution in [3.63, 3.8) is 0 Å². The summed E-state index contributed by atoms with van der Waals surface area (Å²) in [6.07, 6.45) is 5.98. The van der Waals surface area contributed by atoms with Gasteiger partial charge < -0.3 is 0 Å². The van der Waals surface area contributed by atoms with E-state index in [2.05, 4.69) is 43.2 Å². The summed E-state index contributed by atoms with van der Waals surface area (Å²) in [5, 5.41) is 4.31. The van der Waals surface area contributed by atoms with Crippen molar-refractivity contribution in [2.75, 3.05) is 0 Å². The van der Waals surface area contributed by atoms with Crippen molar-refractivity contribution in [1.29, 1.82) is 0 Å². The van der Waals surface area contributed by atoms with Crippen LogP contribution in [0.15, 0.2) is 47.6 Å². The predicted octanol–water partition coefficient (Wildman–Crippen LogP) is 4.18. The van der Waals surface area contributed by atoms with E-state index in [4.69, 9.17) is 0 Å². The van der Waals surface area contributed by atoms with E-state index >= 15 is 0 Å². The summed E-state index contributed by atoms with van der Waals surface area (Å²) in [6, 6.07) is 10.3. The SMILES string of the molecule is CCC[C@H](CC(=O)n1cccn1)Sc1ccc(C)cc1. The van der Waals surface area contributed by atoms with E-state index < -0.39 is 0 Å². The molecule has 1 atom stereocenters. The van der Waals surface area contributed by atoms with Gasteiger partial charge in [-0.05, 0) is 31.5 Å². The summed E-state index contributed by atoms with van der Waals surface area (Å²) in [6.45, 7) is 4.24. The highest BCUT2D eigenvalue weighted by atomic mass is 32.2. The Bertz CT molecular complexity index is 534. The normalized spacial score (nSPS) is 12.3. The van der Waals surface area contributed by atoms with Crippen molar-refractivity contribution in [3.05, 3.63) is 48.3 Å². The van der Waals surface area contributed by atoms with E-state index in [0.717, 1.165) is 12.8 Å². The summed E-state index contributed by atoms with van der Waals surface area (Å²) < 4.78 is 1.43. The molecule has 2 aromatic rings. The van der Waals surface area contributed by atoms with Crippen LogP contribution in [-0.2, 0) is 0 Å². The summed E-state index contributed by atoms with van der Waals surface area (Å²) in [4.78, 5) is 13.3. The molecule has 0 saturated heterocycles. The van der Waals surface area contributed by atoms with Gasteiger partial charge in [0.1, 0.15) is 0 Å². The molecule has 0 spiro atoms. The van der Waals surface area contributed by atoms with Gasteiger partial charge in [0.2, 0.25) is 5.91 Å². The number of aryl methyl sites for hydroxylation is 1. The molecule has 20 heavy (non-hydrogen) atoms. The Labute approximate surface area is 124 Å². The zero-order chi connectivity index (χ0) is 14.4. The Morgan fingerprint density at radius 2 is 2.10 bits per heavy atom. The molecule has 0 unspecified atom stereocenters. The second-order valence-corrected chi connectivity index (χ2v) is 6.26. The minimum absolute atomic E-state index is 0.0630. The maximum absolute atomic E-state index is 12.1. The van der Waals surface area contributed by atoms with Crippen molar-refractivity contribution in [1.82, 2.24) is 9.78 Å². The molecule has 0 aliphatic rings. The van der Waals surface area contributed by atoms with E-state index in [1.165, 1.54) is 15.1 Å². The molecule has 106 valence electrons.